The van der Waals surface area contributed by atoms with Crippen LogP contribution in [0.3, 0.4) is 0 Å². The van der Waals surface area contributed by atoms with Gasteiger partial charge in [0.2, 0.25) is 0 Å². The highest BCUT2D eigenvalue weighted by Gasteiger charge is 1.99. The van der Waals surface area contributed by atoms with Crippen molar-refractivity contribution in [3.05, 3.63) is 20.8 Å². The zero-order valence-electron chi connectivity index (χ0n) is 6.92. The molecule has 0 saturated carbocycles. The fourth-order valence-corrected chi connectivity index (χ4v) is 3.33. The third kappa shape index (κ3) is 3.94. The van der Waals surface area contributed by atoms with Crippen LogP contribution in [0.5, 0.6) is 0 Å². The highest BCUT2D eigenvalue weighted by atomic mass is 79.9. The van der Waals surface area contributed by atoms with Gasteiger partial charge in [0.1, 0.15) is 0 Å². The van der Waals surface area contributed by atoms with Crippen molar-refractivity contribution in [2.45, 2.75) is 18.7 Å². The van der Waals surface area contributed by atoms with Gasteiger partial charge < -0.3 is 5.73 Å². The zero-order valence-corrected chi connectivity index (χ0v) is 10.1. The quantitative estimate of drug-likeness (QED) is 0.906. The lowest BCUT2D eigenvalue weighted by Crippen LogP contribution is -2.17. The van der Waals surface area contributed by atoms with E-state index in [2.05, 4.69) is 28.1 Å². The number of hydrogen-bond acceptors (Lipinski definition) is 3. The van der Waals surface area contributed by atoms with Crippen LogP contribution in [-0.2, 0) is 5.75 Å². The van der Waals surface area contributed by atoms with E-state index in [1.807, 2.05) is 18.7 Å². The highest BCUT2D eigenvalue weighted by molar-refractivity contribution is 9.11. The second-order valence-corrected chi connectivity index (χ2v) is 6.28. The molecule has 1 heterocycles. The van der Waals surface area contributed by atoms with Crippen LogP contribution in [0.15, 0.2) is 15.9 Å². The van der Waals surface area contributed by atoms with Gasteiger partial charge in [0, 0.05) is 22.4 Å². The first kappa shape index (κ1) is 10.6. The van der Waals surface area contributed by atoms with Crippen LogP contribution in [0.2, 0.25) is 0 Å². The molecule has 0 radical (unpaired) electrons. The molecule has 0 spiro atoms. The summed E-state index contributed by atoms with van der Waals surface area (Å²) in [5.41, 5.74) is 5.64. The molecule has 0 aliphatic rings. The lowest BCUT2D eigenvalue weighted by molar-refractivity contribution is 0.847. The van der Waals surface area contributed by atoms with E-state index in [0.717, 1.165) is 11.5 Å². The Morgan fingerprint density at radius 1 is 1.67 bits per heavy atom. The molecule has 1 atom stereocenters. The summed E-state index contributed by atoms with van der Waals surface area (Å²) < 4.78 is 1.21. The Morgan fingerprint density at radius 3 is 2.92 bits per heavy atom. The molecular weight excluding hydrogens is 254 g/mol. The average Bonchev–Trinajstić information content (AvgIpc) is 2.35. The van der Waals surface area contributed by atoms with Gasteiger partial charge in [-0.2, -0.15) is 11.8 Å². The zero-order chi connectivity index (χ0) is 8.97. The summed E-state index contributed by atoms with van der Waals surface area (Å²) in [6, 6.07) is 4.55. The van der Waals surface area contributed by atoms with Gasteiger partial charge in [0.05, 0.1) is 3.79 Å². The maximum atomic E-state index is 5.64. The predicted molar refractivity (Wildman–Crippen MR) is 61.8 cm³/mol. The largest absolute Gasteiger partial charge is 0.327 e. The Morgan fingerprint density at radius 2 is 2.42 bits per heavy atom. The topological polar surface area (TPSA) is 26.0 Å². The summed E-state index contributed by atoms with van der Waals surface area (Å²) in [5.74, 6) is 2.12. The summed E-state index contributed by atoms with van der Waals surface area (Å²) in [7, 11) is 0. The lowest BCUT2D eigenvalue weighted by Gasteiger charge is -2.02. The number of nitrogens with two attached hydrogens (primary N) is 1. The second kappa shape index (κ2) is 5.27. The first-order valence-electron chi connectivity index (χ1n) is 3.76. The Labute approximate surface area is 89.9 Å². The summed E-state index contributed by atoms with van der Waals surface area (Å²) in [5, 5.41) is 0. The van der Waals surface area contributed by atoms with Crippen molar-refractivity contribution in [2.24, 2.45) is 5.73 Å². The first-order valence-corrected chi connectivity index (χ1v) is 6.52. The van der Waals surface area contributed by atoms with Crippen LogP contribution in [-0.4, -0.2) is 11.8 Å². The van der Waals surface area contributed by atoms with E-state index in [1.54, 1.807) is 11.3 Å². The number of halogens is 1. The molecule has 0 fully saturated rings. The Hall–Kier alpha value is 0.490. The molecule has 4 heteroatoms. The Bertz CT molecular complexity index is 235. The van der Waals surface area contributed by atoms with Gasteiger partial charge in [0.25, 0.3) is 0 Å². The van der Waals surface area contributed by atoms with Gasteiger partial charge >= 0.3 is 0 Å². The molecule has 12 heavy (non-hydrogen) atoms. The molecule has 2 N–H and O–H groups in total. The molecule has 1 nitrogen and oxygen atoms in total. The lowest BCUT2D eigenvalue weighted by atomic mass is 10.4. The van der Waals surface area contributed by atoms with Crippen molar-refractivity contribution in [3.63, 3.8) is 0 Å². The molecule has 0 bridgehead atoms. The van der Waals surface area contributed by atoms with Crippen molar-refractivity contribution >= 4 is 39.0 Å². The molecule has 0 aromatic carbocycles. The molecule has 0 amide bonds. The van der Waals surface area contributed by atoms with Gasteiger partial charge in [0.15, 0.2) is 0 Å². The van der Waals surface area contributed by atoms with E-state index in [9.17, 15) is 0 Å². The van der Waals surface area contributed by atoms with Crippen molar-refractivity contribution in [3.8, 4) is 0 Å². The Kier molecular flexibility index (Phi) is 4.64. The smallest absolute Gasteiger partial charge is 0.0701 e. The first-order chi connectivity index (χ1) is 5.68. The van der Waals surface area contributed by atoms with E-state index >= 15 is 0 Å². The normalized spacial score (nSPS) is 13.2. The van der Waals surface area contributed by atoms with Crippen LogP contribution in [0.1, 0.15) is 11.8 Å². The van der Waals surface area contributed by atoms with Crippen molar-refractivity contribution < 1.29 is 0 Å². The van der Waals surface area contributed by atoms with Crippen molar-refractivity contribution in [1.82, 2.24) is 0 Å². The minimum atomic E-state index is 0.304. The minimum Gasteiger partial charge on any atom is -0.327 e. The van der Waals surface area contributed by atoms with Crippen LogP contribution < -0.4 is 5.73 Å². The number of hydrogen-bond donors (Lipinski definition) is 1. The van der Waals surface area contributed by atoms with Crippen LogP contribution >= 0.6 is 39.0 Å². The van der Waals surface area contributed by atoms with Gasteiger partial charge in [-0.1, -0.05) is 0 Å². The molecule has 1 unspecified atom stereocenters. The molecule has 0 saturated heterocycles. The van der Waals surface area contributed by atoms with Gasteiger partial charge in [-0.05, 0) is 35.0 Å². The molecule has 0 aliphatic heterocycles. The van der Waals surface area contributed by atoms with Crippen LogP contribution in [0, 0.1) is 0 Å². The van der Waals surface area contributed by atoms with Crippen LogP contribution in [0.25, 0.3) is 0 Å². The predicted octanol–water partition coefficient (Wildman–Crippen LogP) is 3.09. The van der Waals surface area contributed by atoms with E-state index in [4.69, 9.17) is 5.73 Å². The van der Waals surface area contributed by atoms with E-state index in [1.165, 1.54) is 8.66 Å². The number of thioether (sulfide) groups is 1. The monoisotopic (exact) mass is 265 g/mol. The molecule has 1 aromatic rings. The van der Waals surface area contributed by atoms with Gasteiger partial charge in [-0.15, -0.1) is 11.3 Å². The van der Waals surface area contributed by atoms with E-state index in [-0.39, 0.29) is 0 Å². The fourth-order valence-electron chi connectivity index (χ4n) is 0.775. The van der Waals surface area contributed by atoms with Gasteiger partial charge in [-0.25, -0.2) is 0 Å². The minimum absolute atomic E-state index is 0.304. The maximum absolute atomic E-state index is 5.64. The van der Waals surface area contributed by atoms with E-state index < -0.39 is 0 Å². The molecule has 1 rings (SSSR count). The second-order valence-electron chi connectivity index (χ2n) is 2.70. The third-order valence-corrected chi connectivity index (χ3v) is 4.34. The summed E-state index contributed by atoms with van der Waals surface area (Å²) in [6.07, 6.45) is 0. The standard InChI is InChI=1S/C8H12BrNS2/c1-6(10)4-11-5-7-2-3-8(9)12-7/h2-3,6H,4-5,10H2,1H3. The molecule has 68 valence electrons. The molecule has 1 aromatic heterocycles. The average molecular weight is 266 g/mol. The third-order valence-electron chi connectivity index (χ3n) is 1.25. The SMILES string of the molecule is CC(N)CSCc1ccc(Br)s1. The summed E-state index contributed by atoms with van der Waals surface area (Å²) >= 11 is 7.12. The summed E-state index contributed by atoms with van der Waals surface area (Å²) in [4.78, 5) is 1.41. The molecular formula is C8H12BrNS2. The molecule has 0 aliphatic carbocycles. The fraction of sp³-hybridized carbons (Fsp3) is 0.500. The van der Waals surface area contributed by atoms with Crippen LogP contribution in [0.4, 0.5) is 0 Å². The summed E-state index contributed by atoms with van der Waals surface area (Å²) in [6.45, 7) is 2.04. The highest BCUT2D eigenvalue weighted by Crippen LogP contribution is 2.25. The van der Waals surface area contributed by atoms with Gasteiger partial charge in [-0.3, -0.25) is 0 Å². The van der Waals surface area contributed by atoms with Crippen molar-refractivity contribution in [2.75, 3.05) is 5.75 Å². The Balaban J connectivity index is 2.24. The maximum Gasteiger partial charge on any atom is 0.0701 e. The van der Waals surface area contributed by atoms with E-state index in [0.29, 0.717) is 6.04 Å². The van der Waals surface area contributed by atoms with Crippen molar-refractivity contribution in [1.29, 1.82) is 0 Å². The number of thiophene rings is 1. The number of rotatable bonds is 4.